The number of nitrogens with zero attached hydrogens (tertiary/aromatic N) is 1. The first-order chi connectivity index (χ1) is 10.5. The Morgan fingerprint density at radius 1 is 1.05 bits per heavy atom. The molecule has 114 valence electrons. The summed E-state index contributed by atoms with van der Waals surface area (Å²) in [5.41, 5.74) is 0.858. The van der Waals surface area contributed by atoms with Gasteiger partial charge >= 0.3 is 0 Å². The van der Waals surface area contributed by atoms with Gasteiger partial charge in [0.2, 0.25) is 0 Å². The Morgan fingerprint density at radius 3 is 2.50 bits per heavy atom. The molecule has 1 aliphatic rings. The molecule has 7 nitrogen and oxygen atoms in total. The van der Waals surface area contributed by atoms with Crippen molar-refractivity contribution in [1.82, 2.24) is 0 Å². The molecule has 0 fully saturated rings. The van der Waals surface area contributed by atoms with E-state index in [1.807, 2.05) is 0 Å². The number of phenolic OH excluding ortho intramolecular Hbond substituents is 3. The number of ether oxygens (including phenoxy) is 1. The predicted molar refractivity (Wildman–Crippen MR) is 76.4 cm³/mol. The molecule has 0 aromatic heterocycles. The molecule has 2 atom stereocenters. The lowest BCUT2D eigenvalue weighted by molar-refractivity contribution is 0.0199. The molecule has 2 aromatic carbocycles. The van der Waals surface area contributed by atoms with E-state index >= 15 is 0 Å². The number of aliphatic hydroxyl groups excluding tert-OH is 1. The second-order valence-electron chi connectivity index (χ2n) is 5.09. The zero-order valence-electron chi connectivity index (χ0n) is 11.3. The summed E-state index contributed by atoms with van der Waals surface area (Å²) in [5.74, 6) is -0.527. The van der Waals surface area contributed by atoms with Gasteiger partial charge in [-0.3, -0.25) is 0 Å². The number of phenols is 3. The van der Waals surface area contributed by atoms with E-state index < -0.39 is 12.2 Å². The van der Waals surface area contributed by atoms with Crippen LogP contribution in [0, 0.1) is 4.91 Å². The van der Waals surface area contributed by atoms with Gasteiger partial charge < -0.3 is 25.2 Å². The average molecular weight is 303 g/mol. The topological polar surface area (TPSA) is 120 Å². The number of aliphatic hydroxyl groups is 1. The lowest BCUT2D eigenvalue weighted by atomic mass is 9.94. The molecule has 2 unspecified atom stereocenters. The van der Waals surface area contributed by atoms with Crippen LogP contribution in [0.2, 0.25) is 0 Å². The normalized spacial score (nSPS) is 20.0. The second-order valence-corrected chi connectivity index (χ2v) is 5.09. The summed E-state index contributed by atoms with van der Waals surface area (Å²) in [4.78, 5) is 10.6. The molecule has 0 bridgehead atoms. The summed E-state index contributed by atoms with van der Waals surface area (Å²) in [6.07, 6.45) is -1.65. The van der Waals surface area contributed by atoms with Crippen LogP contribution in [0.4, 0.5) is 5.69 Å². The van der Waals surface area contributed by atoms with E-state index in [-0.39, 0.29) is 35.1 Å². The van der Waals surface area contributed by atoms with Crippen molar-refractivity contribution in [2.24, 2.45) is 5.18 Å². The number of nitroso groups, excluding NO2 is 1. The third kappa shape index (κ3) is 2.31. The monoisotopic (exact) mass is 303 g/mol. The van der Waals surface area contributed by atoms with Crippen LogP contribution in [0.5, 0.6) is 23.0 Å². The summed E-state index contributed by atoms with van der Waals surface area (Å²) in [6, 6.07) is 6.67. The van der Waals surface area contributed by atoms with Crippen LogP contribution in [0.25, 0.3) is 0 Å². The van der Waals surface area contributed by atoms with Crippen molar-refractivity contribution in [2.75, 3.05) is 0 Å². The van der Waals surface area contributed by atoms with Gasteiger partial charge in [-0.15, -0.1) is 4.91 Å². The van der Waals surface area contributed by atoms with E-state index in [0.717, 1.165) is 0 Å². The minimum absolute atomic E-state index is 0.0138. The molecule has 1 aliphatic heterocycles. The van der Waals surface area contributed by atoms with E-state index in [9.17, 15) is 25.3 Å². The molecule has 0 radical (unpaired) electrons. The summed E-state index contributed by atoms with van der Waals surface area (Å²) < 4.78 is 5.65. The standard InChI is InChI=1S/C15H13NO6/c17-10-2-1-7(3-12(10)19)15-13(20)6-9-11(18)4-8(16-21)5-14(9)22-15/h1-5,13,15,17-20H,6H2. The Bertz CT molecular complexity index is 745. The highest BCUT2D eigenvalue weighted by Gasteiger charge is 2.32. The van der Waals surface area contributed by atoms with Crippen LogP contribution >= 0.6 is 0 Å². The van der Waals surface area contributed by atoms with Crippen molar-refractivity contribution >= 4 is 5.69 Å². The molecule has 0 saturated carbocycles. The van der Waals surface area contributed by atoms with Crippen molar-refractivity contribution in [3.05, 3.63) is 46.4 Å². The van der Waals surface area contributed by atoms with E-state index in [0.29, 0.717) is 11.1 Å². The number of fused-ring (bicyclic) bond motifs is 1. The molecular formula is C15H13NO6. The van der Waals surface area contributed by atoms with Gasteiger partial charge in [-0.05, 0) is 22.9 Å². The van der Waals surface area contributed by atoms with Crippen LogP contribution in [0.1, 0.15) is 17.2 Å². The molecule has 0 aliphatic carbocycles. The number of aromatic hydroxyl groups is 3. The first kappa shape index (κ1) is 14.2. The third-order valence-corrected chi connectivity index (χ3v) is 3.62. The maximum atomic E-state index is 10.6. The van der Waals surface area contributed by atoms with Crippen molar-refractivity contribution in [2.45, 2.75) is 18.6 Å². The highest BCUT2D eigenvalue weighted by molar-refractivity contribution is 5.57. The van der Waals surface area contributed by atoms with Crippen molar-refractivity contribution < 1.29 is 25.2 Å². The molecule has 22 heavy (non-hydrogen) atoms. The average Bonchev–Trinajstić information content (AvgIpc) is 2.50. The van der Waals surface area contributed by atoms with Crippen LogP contribution in [-0.2, 0) is 6.42 Å². The van der Waals surface area contributed by atoms with Gasteiger partial charge in [-0.1, -0.05) is 6.07 Å². The Balaban J connectivity index is 2.01. The van der Waals surface area contributed by atoms with E-state index in [1.165, 1.54) is 30.3 Å². The maximum absolute atomic E-state index is 10.6. The molecule has 0 amide bonds. The quantitative estimate of drug-likeness (QED) is 0.499. The van der Waals surface area contributed by atoms with Gasteiger partial charge in [-0.2, -0.15) is 0 Å². The van der Waals surface area contributed by atoms with Gasteiger partial charge in [0.05, 0.1) is 6.10 Å². The molecule has 0 spiro atoms. The summed E-state index contributed by atoms with van der Waals surface area (Å²) in [7, 11) is 0. The zero-order chi connectivity index (χ0) is 15.9. The minimum Gasteiger partial charge on any atom is -0.507 e. The molecule has 3 rings (SSSR count). The summed E-state index contributed by atoms with van der Waals surface area (Å²) in [6.45, 7) is 0. The van der Waals surface area contributed by atoms with Crippen molar-refractivity contribution in [1.29, 1.82) is 0 Å². The Hall–Kier alpha value is -2.80. The molecule has 7 heteroatoms. The Labute approximate surface area is 125 Å². The molecule has 4 N–H and O–H groups in total. The Morgan fingerprint density at radius 2 is 1.82 bits per heavy atom. The molecular weight excluding hydrogens is 290 g/mol. The lowest BCUT2D eigenvalue weighted by Crippen LogP contribution is -2.30. The first-order valence-electron chi connectivity index (χ1n) is 6.55. The highest BCUT2D eigenvalue weighted by Crippen LogP contribution is 2.42. The predicted octanol–water partition coefficient (Wildman–Crippen LogP) is 2.24. The molecule has 1 heterocycles. The summed E-state index contributed by atoms with van der Waals surface area (Å²) in [5, 5.41) is 41.7. The summed E-state index contributed by atoms with van der Waals surface area (Å²) >= 11 is 0. The fraction of sp³-hybridized carbons (Fsp3) is 0.200. The van der Waals surface area contributed by atoms with Gasteiger partial charge in [0.25, 0.3) is 0 Å². The van der Waals surface area contributed by atoms with Crippen molar-refractivity contribution in [3.8, 4) is 23.0 Å². The third-order valence-electron chi connectivity index (χ3n) is 3.62. The lowest BCUT2D eigenvalue weighted by Gasteiger charge is -2.31. The maximum Gasteiger partial charge on any atom is 0.157 e. The van der Waals surface area contributed by atoms with Crippen LogP contribution in [0.3, 0.4) is 0 Å². The van der Waals surface area contributed by atoms with Gasteiger partial charge in [0.15, 0.2) is 11.5 Å². The van der Waals surface area contributed by atoms with Crippen LogP contribution < -0.4 is 4.74 Å². The van der Waals surface area contributed by atoms with E-state index in [2.05, 4.69) is 5.18 Å². The second kappa shape index (κ2) is 5.19. The SMILES string of the molecule is O=Nc1cc(O)c2c(c1)OC(c1ccc(O)c(O)c1)C(O)C2. The smallest absolute Gasteiger partial charge is 0.157 e. The zero-order valence-corrected chi connectivity index (χ0v) is 11.3. The molecule has 2 aromatic rings. The first-order valence-corrected chi connectivity index (χ1v) is 6.55. The van der Waals surface area contributed by atoms with Crippen molar-refractivity contribution in [3.63, 3.8) is 0 Å². The number of hydrogen-bond donors (Lipinski definition) is 4. The van der Waals surface area contributed by atoms with Gasteiger partial charge in [0, 0.05) is 24.1 Å². The number of hydrogen-bond acceptors (Lipinski definition) is 7. The molecule has 0 saturated heterocycles. The largest absolute Gasteiger partial charge is 0.507 e. The van der Waals surface area contributed by atoms with Gasteiger partial charge in [0.1, 0.15) is 23.3 Å². The fourth-order valence-corrected chi connectivity index (χ4v) is 2.52. The number of rotatable bonds is 2. The van der Waals surface area contributed by atoms with Crippen LogP contribution in [-0.4, -0.2) is 26.5 Å². The van der Waals surface area contributed by atoms with E-state index in [1.54, 1.807) is 0 Å². The number of benzene rings is 2. The van der Waals surface area contributed by atoms with Crippen LogP contribution in [0.15, 0.2) is 35.5 Å². The fourth-order valence-electron chi connectivity index (χ4n) is 2.52. The van der Waals surface area contributed by atoms with Gasteiger partial charge in [-0.25, -0.2) is 0 Å². The Kier molecular flexibility index (Phi) is 3.34. The highest BCUT2D eigenvalue weighted by atomic mass is 16.5. The minimum atomic E-state index is -0.961. The van der Waals surface area contributed by atoms with E-state index in [4.69, 9.17) is 4.74 Å².